The highest BCUT2D eigenvalue weighted by atomic mass is 16.6. The molecule has 8 heteroatoms. The van der Waals surface area contributed by atoms with E-state index in [4.69, 9.17) is 4.74 Å². The second-order valence-corrected chi connectivity index (χ2v) is 5.53. The molecular weight excluding hydrogens is 290 g/mol. The number of hydrogen-bond donors (Lipinski definition) is 2. The van der Waals surface area contributed by atoms with Crippen molar-refractivity contribution in [2.75, 3.05) is 11.9 Å². The number of nitrogens with zero attached hydrogens (tertiary/aromatic N) is 1. The third-order valence-electron chi connectivity index (χ3n) is 2.36. The maximum absolute atomic E-state index is 11.7. The maximum atomic E-state index is 11.7. The van der Waals surface area contributed by atoms with Gasteiger partial charge in [0.05, 0.1) is 4.92 Å². The van der Waals surface area contributed by atoms with Crippen molar-refractivity contribution in [2.45, 2.75) is 32.8 Å². The van der Waals surface area contributed by atoms with Crippen molar-refractivity contribution in [2.24, 2.45) is 0 Å². The number of alkyl carbamates (subject to hydrolysis) is 1. The molecule has 0 aliphatic heterocycles. The number of hydrogen-bond acceptors (Lipinski definition) is 5. The first-order valence-electron chi connectivity index (χ1n) is 6.68. The summed E-state index contributed by atoms with van der Waals surface area (Å²) in [5.74, 6) is -0.364. The molecule has 0 spiro atoms. The molecule has 1 rings (SSSR count). The lowest BCUT2D eigenvalue weighted by Gasteiger charge is -2.19. The van der Waals surface area contributed by atoms with Crippen molar-refractivity contribution in [3.8, 4) is 0 Å². The van der Waals surface area contributed by atoms with Gasteiger partial charge in [-0.1, -0.05) is 6.07 Å². The fraction of sp³-hybridized carbons (Fsp3) is 0.429. The van der Waals surface area contributed by atoms with Crippen LogP contribution in [0.25, 0.3) is 0 Å². The lowest BCUT2D eigenvalue weighted by Crippen LogP contribution is -2.34. The zero-order valence-corrected chi connectivity index (χ0v) is 12.7. The lowest BCUT2D eigenvalue weighted by atomic mass is 10.2. The number of nitrogens with one attached hydrogen (secondary N) is 2. The topological polar surface area (TPSA) is 111 Å². The summed E-state index contributed by atoms with van der Waals surface area (Å²) in [6, 6.07) is 5.62. The van der Waals surface area contributed by atoms with E-state index in [1.807, 2.05) is 0 Å². The summed E-state index contributed by atoms with van der Waals surface area (Å²) in [4.78, 5) is 33.2. The number of carbonyl (C=O) groups is 2. The van der Waals surface area contributed by atoms with Gasteiger partial charge in [-0.05, 0) is 26.8 Å². The van der Waals surface area contributed by atoms with E-state index in [-0.39, 0.29) is 24.6 Å². The minimum absolute atomic E-state index is 0.0297. The van der Waals surface area contributed by atoms with E-state index >= 15 is 0 Å². The van der Waals surface area contributed by atoms with Gasteiger partial charge in [-0.25, -0.2) is 4.79 Å². The fourth-order valence-corrected chi connectivity index (χ4v) is 1.51. The Labute approximate surface area is 128 Å². The van der Waals surface area contributed by atoms with Gasteiger partial charge in [0, 0.05) is 30.8 Å². The smallest absolute Gasteiger partial charge is 0.407 e. The third-order valence-corrected chi connectivity index (χ3v) is 2.36. The van der Waals surface area contributed by atoms with Gasteiger partial charge in [-0.2, -0.15) is 0 Å². The molecule has 22 heavy (non-hydrogen) atoms. The van der Waals surface area contributed by atoms with E-state index in [9.17, 15) is 19.7 Å². The van der Waals surface area contributed by atoms with Crippen molar-refractivity contribution >= 4 is 23.4 Å². The highest BCUT2D eigenvalue weighted by Gasteiger charge is 2.16. The first kappa shape index (κ1) is 17.4. The molecular formula is C14H19N3O5. The third kappa shape index (κ3) is 6.69. The average molecular weight is 309 g/mol. The molecule has 0 aliphatic rings. The molecule has 0 heterocycles. The quantitative estimate of drug-likeness (QED) is 0.641. The molecule has 0 aromatic heterocycles. The summed E-state index contributed by atoms with van der Waals surface area (Å²) >= 11 is 0. The van der Waals surface area contributed by atoms with Crippen LogP contribution in [0.1, 0.15) is 27.2 Å². The highest BCUT2D eigenvalue weighted by molar-refractivity contribution is 5.91. The standard InChI is InChI=1S/C14H19N3O5/c1-14(2,3)22-13(19)15-8-7-12(18)16-10-5-4-6-11(9-10)17(20)21/h4-6,9H,7-8H2,1-3H3,(H,15,19)(H,16,18). The summed E-state index contributed by atoms with van der Waals surface area (Å²) in [6.07, 6.45) is -0.572. The zero-order valence-electron chi connectivity index (χ0n) is 12.7. The average Bonchev–Trinajstić information content (AvgIpc) is 2.36. The molecule has 0 unspecified atom stereocenters. The summed E-state index contributed by atoms with van der Waals surface area (Å²) in [5.41, 5.74) is -0.379. The van der Waals surface area contributed by atoms with Crippen molar-refractivity contribution in [1.29, 1.82) is 0 Å². The van der Waals surface area contributed by atoms with Gasteiger partial charge in [0.1, 0.15) is 5.60 Å². The number of amides is 2. The largest absolute Gasteiger partial charge is 0.444 e. The minimum atomic E-state index is -0.602. The van der Waals surface area contributed by atoms with Crippen LogP contribution in [0.3, 0.4) is 0 Å². The molecule has 0 fully saturated rings. The number of carbonyl (C=O) groups excluding carboxylic acids is 2. The molecule has 0 aliphatic carbocycles. The summed E-state index contributed by atoms with van der Waals surface area (Å²) in [5, 5.41) is 15.6. The Bertz CT molecular complexity index is 566. The van der Waals surface area contributed by atoms with E-state index in [2.05, 4.69) is 10.6 Å². The van der Waals surface area contributed by atoms with Crippen LogP contribution in [0.15, 0.2) is 24.3 Å². The van der Waals surface area contributed by atoms with Crippen LogP contribution < -0.4 is 10.6 Å². The van der Waals surface area contributed by atoms with Gasteiger partial charge in [0.15, 0.2) is 0 Å². The predicted octanol–water partition coefficient (Wildman–Crippen LogP) is 2.45. The number of ether oxygens (including phenoxy) is 1. The zero-order chi connectivity index (χ0) is 16.8. The van der Waals surface area contributed by atoms with Crippen LogP contribution in [0.5, 0.6) is 0 Å². The van der Waals surface area contributed by atoms with Crippen LogP contribution in [-0.2, 0) is 9.53 Å². The Hall–Kier alpha value is -2.64. The second-order valence-electron chi connectivity index (χ2n) is 5.53. The van der Waals surface area contributed by atoms with Crippen molar-refractivity contribution in [3.05, 3.63) is 34.4 Å². The van der Waals surface area contributed by atoms with E-state index in [1.54, 1.807) is 26.8 Å². The van der Waals surface area contributed by atoms with Crippen molar-refractivity contribution in [1.82, 2.24) is 5.32 Å². The predicted molar refractivity (Wildman–Crippen MR) is 80.6 cm³/mol. The molecule has 0 atom stereocenters. The molecule has 0 saturated carbocycles. The molecule has 0 saturated heterocycles. The Morgan fingerprint density at radius 1 is 1.32 bits per heavy atom. The molecule has 0 bridgehead atoms. The Morgan fingerprint density at radius 3 is 2.59 bits per heavy atom. The first-order valence-corrected chi connectivity index (χ1v) is 6.68. The fourth-order valence-electron chi connectivity index (χ4n) is 1.51. The Balaban J connectivity index is 2.39. The second kappa shape index (κ2) is 7.39. The van der Waals surface area contributed by atoms with Gasteiger partial charge in [0.25, 0.3) is 5.69 Å². The highest BCUT2D eigenvalue weighted by Crippen LogP contribution is 2.17. The van der Waals surface area contributed by atoms with Crippen molar-refractivity contribution < 1.29 is 19.2 Å². The van der Waals surface area contributed by atoms with Crippen molar-refractivity contribution in [3.63, 3.8) is 0 Å². The maximum Gasteiger partial charge on any atom is 0.407 e. The molecule has 0 radical (unpaired) electrons. The van der Waals surface area contributed by atoms with Gasteiger partial charge in [-0.15, -0.1) is 0 Å². The van der Waals surface area contributed by atoms with E-state index in [0.29, 0.717) is 5.69 Å². The molecule has 2 N–H and O–H groups in total. The summed E-state index contributed by atoms with van der Waals surface area (Å²) in [7, 11) is 0. The van der Waals surface area contributed by atoms with E-state index in [1.165, 1.54) is 18.2 Å². The van der Waals surface area contributed by atoms with Gasteiger partial charge < -0.3 is 15.4 Å². The molecule has 1 aromatic rings. The number of benzene rings is 1. The number of nitro groups is 1. The lowest BCUT2D eigenvalue weighted by molar-refractivity contribution is -0.384. The number of anilines is 1. The normalized spacial score (nSPS) is 10.7. The SMILES string of the molecule is CC(C)(C)OC(=O)NCCC(=O)Nc1cccc([N+](=O)[O-])c1. The molecule has 1 aromatic carbocycles. The van der Waals surface area contributed by atoms with Crippen LogP contribution in [0.4, 0.5) is 16.2 Å². The molecule has 120 valence electrons. The monoisotopic (exact) mass is 309 g/mol. The van der Waals surface area contributed by atoms with E-state index < -0.39 is 16.6 Å². The first-order chi connectivity index (χ1) is 10.2. The van der Waals surface area contributed by atoms with Crippen LogP contribution in [-0.4, -0.2) is 29.1 Å². The van der Waals surface area contributed by atoms with Gasteiger partial charge >= 0.3 is 6.09 Å². The minimum Gasteiger partial charge on any atom is -0.444 e. The van der Waals surface area contributed by atoms with Crippen LogP contribution >= 0.6 is 0 Å². The van der Waals surface area contributed by atoms with Crippen LogP contribution in [0, 0.1) is 10.1 Å². The molecule has 8 nitrogen and oxygen atoms in total. The Kier molecular flexibility index (Phi) is 5.85. The van der Waals surface area contributed by atoms with E-state index in [0.717, 1.165) is 0 Å². The Morgan fingerprint density at radius 2 is 2.00 bits per heavy atom. The molecule has 2 amide bonds. The van der Waals surface area contributed by atoms with Crippen LogP contribution in [0.2, 0.25) is 0 Å². The summed E-state index contributed by atoms with van der Waals surface area (Å²) < 4.78 is 5.02. The summed E-state index contributed by atoms with van der Waals surface area (Å²) in [6.45, 7) is 5.32. The van der Waals surface area contributed by atoms with Gasteiger partial charge in [-0.3, -0.25) is 14.9 Å². The number of non-ortho nitro benzene ring substituents is 1. The number of rotatable bonds is 5. The number of nitro benzene ring substituents is 1. The van der Waals surface area contributed by atoms with Gasteiger partial charge in [0.2, 0.25) is 5.91 Å².